The third-order valence-electron chi connectivity index (χ3n) is 2.05. The van der Waals surface area contributed by atoms with E-state index in [0.29, 0.717) is 11.0 Å². The van der Waals surface area contributed by atoms with Crippen LogP contribution in [0, 0.1) is 0 Å². The number of imidazole rings is 1. The Labute approximate surface area is 86.1 Å². The molecule has 0 atom stereocenters. The predicted octanol–water partition coefficient (Wildman–Crippen LogP) is 1.06. The van der Waals surface area contributed by atoms with Gasteiger partial charge in [0.05, 0.1) is 6.33 Å². The minimum Gasteiger partial charge on any atom is -0.384 e. The number of nitrogens with zero attached hydrogens (tertiary/aromatic N) is 4. The van der Waals surface area contributed by atoms with E-state index in [4.69, 9.17) is 17.3 Å². The van der Waals surface area contributed by atoms with Crippen LogP contribution < -0.4 is 5.73 Å². The van der Waals surface area contributed by atoms with Crippen LogP contribution in [-0.4, -0.2) is 19.3 Å². The maximum atomic E-state index is 5.92. The monoisotopic (exact) mass is 211 g/mol. The van der Waals surface area contributed by atoms with Crippen LogP contribution in [0.4, 0.5) is 5.82 Å². The van der Waals surface area contributed by atoms with Gasteiger partial charge in [-0.05, 0) is 0 Å². The molecule has 0 spiro atoms. The minimum atomic E-state index is 0.436. The number of aromatic nitrogens is 4. The lowest BCUT2D eigenvalue weighted by Gasteiger charge is -1.97. The lowest BCUT2D eigenvalue weighted by atomic mass is 10.3. The molecule has 74 valence electrons. The molecule has 2 heterocycles. The first-order chi connectivity index (χ1) is 6.59. The van der Waals surface area contributed by atoms with Crippen molar-refractivity contribution in [3.63, 3.8) is 0 Å². The molecule has 0 aliphatic heterocycles. The van der Waals surface area contributed by atoms with Gasteiger partial charge in [-0.3, -0.25) is 4.68 Å². The van der Waals surface area contributed by atoms with Gasteiger partial charge < -0.3 is 10.3 Å². The Hall–Kier alpha value is -1.49. The molecule has 5 nitrogen and oxygen atoms in total. The summed E-state index contributed by atoms with van der Waals surface area (Å²) in [4.78, 5) is 3.97. The molecule has 0 saturated heterocycles. The number of halogens is 1. The Morgan fingerprint density at radius 1 is 1.43 bits per heavy atom. The molecule has 6 heteroatoms. The highest BCUT2D eigenvalue weighted by molar-refractivity contribution is 6.31. The maximum Gasteiger partial charge on any atom is 0.156 e. The fourth-order valence-electron chi connectivity index (χ4n) is 1.29. The van der Waals surface area contributed by atoms with E-state index in [0.717, 1.165) is 11.4 Å². The highest BCUT2D eigenvalue weighted by atomic mass is 35.5. The number of rotatable bonds is 1. The van der Waals surface area contributed by atoms with Crippen molar-refractivity contribution in [1.82, 2.24) is 19.3 Å². The lowest BCUT2D eigenvalue weighted by molar-refractivity contribution is 0.778. The van der Waals surface area contributed by atoms with Gasteiger partial charge in [0.2, 0.25) is 0 Å². The average molecular weight is 212 g/mol. The van der Waals surface area contributed by atoms with Gasteiger partial charge in [0, 0.05) is 20.2 Å². The first kappa shape index (κ1) is 9.08. The molecular formula is C8H10ClN5. The van der Waals surface area contributed by atoms with E-state index < -0.39 is 0 Å². The van der Waals surface area contributed by atoms with Crippen LogP contribution in [0.3, 0.4) is 0 Å². The van der Waals surface area contributed by atoms with Gasteiger partial charge in [-0.2, -0.15) is 5.10 Å². The Morgan fingerprint density at radius 3 is 2.57 bits per heavy atom. The van der Waals surface area contributed by atoms with Crippen LogP contribution in [0.5, 0.6) is 0 Å². The topological polar surface area (TPSA) is 61.7 Å². The molecule has 2 aromatic rings. The van der Waals surface area contributed by atoms with Crippen molar-refractivity contribution in [1.29, 1.82) is 0 Å². The summed E-state index contributed by atoms with van der Waals surface area (Å²) < 4.78 is 3.41. The third-order valence-corrected chi connectivity index (χ3v) is 2.33. The summed E-state index contributed by atoms with van der Waals surface area (Å²) in [6.07, 6.45) is 1.64. The summed E-state index contributed by atoms with van der Waals surface area (Å²) in [7, 11) is 3.64. The average Bonchev–Trinajstić information content (AvgIpc) is 2.59. The molecule has 2 aromatic heterocycles. The number of anilines is 1. The molecule has 2 rings (SSSR count). The first-order valence-corrected chi connectivity index (χ1v) is 4.44. The van der Waals surface area contributed by atoms with Crippen LogP contribution in [0.1, 0.15) is 0 Å². The van der Waals surface area contributed by atoms with E-state index in [1.165, 1.54) is 0 Å². The molecule has 0 unspecified atom stereocenters. The SMILES string of the molecule is Cn1cnc(Cl)c1-c1cc(N)n(C)n1. The molecule has 0 aliphatic carbocycles. The van der Waals surface area contributed by atoms with E-state index in [1.54, 1.807) is 24.1 Å². The van der Waals surface area contributed by atoms with Gasteiger partial charge in [0.15, 0.2) is 5.15 Å². The van der Waals surface area contributed by atoms with Gasteiger partial charge in [0.25, 0.3) is 0 Å². The highest BCUT2D eigenvalue weighted by Gasteiger charge is 2.13. The fourth-order valence-corrected chi connectivity index (χ4v) is 1.56. The Kier molecular flexibility index (Phi) is 1.96. The van der Waals surface area contributed by atoms with Gasteiger partial charge >= 0.3 is 0 Å². The summed E-state index contributed by atoms with van der Waals surface area (Å²) in [5.41, 5.74) is 7.18. The molecule has 0 fully saturated rings. The van der Waals surface area contributed by atoms with Crippen molar-refractivity contribution >= 4 is 17.4 Å². The predicted molar refractivity (Wildman–Crippen MR) is 54.8 cm³/mol. The second kappa shape index (κ2) is 3.02. The molecule has 14 heavy (non-hydrogen) atoms. The third kappa shape index (κ3) is 1.26. The van der Waals surface area contributed by atoms with Crippen LogP contribution in [0.2, 0.25) is 5.15 Å². The standard InChI is InChI=1S/C8H10ClN5/c1-13-4-11-8(9)7(13)5-3-6(10)14(2)12-5/h3-4H,10H2,1-2H3. The summed E-state index contributed by atoms with van der Waals surface area (Å²) in [5, 5.41) is 4.66. The van der Waals surface area contributed by atoms with E-state index in [9.17, 15) is 0 Å². The van der Waals surface area contributed by atoms with Crippen molar-refractivity contribution < 1.29 is 0 Å². The number of aryl methyl sites for hydroxylation is 2. The molecular weight excluding hydrogens is 202 g/mol. The van der Waals surface area contributed by atoms with Crippen molar-refractivity contribution in [3.05, 3.63) is 17.5 Å². The first-order valence-electron chi connectivity index (χ1n) is 4.06. The van der Waals surface area contributed by atoms with Crippen molar-refractivity contribution in [2.24, 2.45) is 14.1 Å². The van der Waals surface area contributed by atoms with Crippen LogP contribution >= 0.6 is 11.6 Å². The quantitative estimate of drug-likeness (QED) is 0.767. The summed E-state index contributed by atoms with van der Waals surface area (Å²) in [6, 6.07) is 1.77. The highest BCUT2D eigenvalue weighted by Crippen LogP contribution is 2.25. The van der Waals surface area contributed by atoms with E-state index in [1.807, 2.05) is 11.6 Å². The second-order valence-corrected chi connectivity index (χ2v) is 3.43. The molecule has 0 aromatic carbocycles. The molecule has 0 aliphatic rings. The summed E-state index contributed by atoms with van der Waals surface area (Å²) in [5.74, 6) is 0.595. The Morgan fingerprint density at radius 2 is 2.14 bits per heavy atom. The van der Waals surface area contributed by atoms with E-state index in [2.05, 4.69) is 10.1 Å². The number of nitrogen functional groups attached to an aromatic ring is 1. The molecule has 2 N–H and O–H groups in total. The Bertz CT molecular complexity index is 431. The molecule has 0 radical (unpaired) electrons. The van der Waals surface area contributed by atoms with Crippen LogP contribution in [-0.2, 0) is 14.1 Å². The van der Waals surface area contributed by atoms with Crippen molar-refractivity contribution in [3.8, 4) is 11.4 Å². The fraction of sp³-hybridized carbons (Fsp3) is 0.250. The summed E-state index contributed by atoms with van der Waals surface area (Å²) >= 11 is 5.92. The molecule has 0 bridgehead atoms. The minimum absolute atomic E-state index is 0.436. The zero-order valence-electron chi connectivity index (χ0n) is 7.90. The Balaban J connectivity index is 2.59. The van der Waals surface area contributed by atoms with E-state index >= 15 is 0 Å². The molecule has 0 amide bonds. The number of hydrogen-bond donors (Lipinski definition) is 1. The molecule has 0 saturated carbocycles. The largest absolute Gasteiger partial charge is 0.384 e. The zero-order valence-corrected chi connectivity index (χ0v) is 8.65. The van der Waals surface area contributed by atoms with Crippen molar-refractivity contribution in [2.75, 3.05) is 5.73 Å². The van der Waals surface area contributed by atoms with Gasteiger partial charge in [-0.1, -0.05) is 11.6 Å². The van der Waals surface area contributed by atoms with Crippen molar-refractivity contribution in [2.45, 2.75) is 0 Å². The van der Waals surface area contributed by atoms with Gasteiger partial charge in [-0.25, -0.2) is 4.98 Å². The second-order valence-electron chi connectivity index (χ2n) is 3.07. The van der Waals surface area contributed by atoms with Crippen LogP contribution in [0.25, 0.3) is 11.4 Å². The zero-order chi connectivity index (χ0) is 10.3. The normalized spacial score (nSPS) is 10.8. The number of hydrogen-bond acceptors (Lipinski definition) is 3. The lowest BCUT2D eigenvalue weighted by Crippen LogP contribution is -1.97. The summed E-state index contributed by atoms with van der Waals surface area (Å²) in [6.45, 7) is 0. The maximum absolute atomic E-state index is 5.92. The van der Waals surface area contributed by atoms with Crippen LogP contribution in [0.15, 0.2) is 12.4 Å². The number of nitrogens with two attached hydrogens (primary N) is 1. The smallest absolute Gasteiger partial charge is 0.156 e. The van der Waals surface area contributed by atoms with Gasteiger partial charge in [-0.15, -0.1) is 0 Å². The van der Waals surface area contributed by atoms with E-state index in [-0.39, 0.29) is 0 Å². The van der Waals surface area contributed by atoms with Gasteiger partial charge in [0.1, 0.15) is 17.2 Å².